The van der Waals surface area contributed by atoms with E-state index in [0.29, 0.717) is 13.0 Å². The summed E-state index contributed by atoms with van der Waals surface area (Å²) in [7, 11) is -1.93. The topological polar surface area (TPSA) is 83.6 Å². The summed E-state index contributed by atoms with van der Waals surface area (Å²) in [6.45, 7) is 3.48. The minimum atomic E-state index is -3.60. The Kier molecular flexibility index (Phi) is 4.13. The number of rotatable bonds is 3. The van der Waals surface area contributed by atoms with Crippen molar-refractivity contribution < 1.29 is 18.0 Å². The highest BCUT2D eigenvalue weighted by Gasteiger charge is 2.31. The number of nitrogens with one attached hydrogen (secondary N) is 1. The lowest BCUT2D eigenvalue weighted by molar-refractivity contribution is -0.138. The van der Waals surface area contributed by atoms with Crippen LogP contribution in [-0.2, 0) is 19.6 Å². The van der Waals surface area contributed by atoms with Crippen LogP contribution < -0.4 is 4.72 Å². The number of piperidine rings is 1. The molecule has 1 unspecified atom stereocenters. The summed E-state index contributed by atoms with van der Waals surface area (Å²) >= 11 is 0. The van der Waals surface area contributed by atoms with Crippen molar-refractivity contribution in [1.82, 2.24) is 9.62 Å². The highest BCUT2D eigenvalue weighted by molar-refractivity contribution is 7.90. The van der Waals surface area contributed by atoms with Crippen molar-refractivity contribution in [3.8, 4) is 0 Å². The first-order valence-corrected chi connectivity index (χ1v) is 7.08. The van der Waals surface area contributed by atoms with Crippen molar-refractivity contribution in [1.29, 1.82) is 0 Å². The zero-order valence-electron chi connectivity index (χ0n) is 10.3. The molecule has 7 heteroatoms. The van der Waals surface area contributed by atoms with Crippen LogP contribution in [0.25, 0.3) is 0 Å². The first kappa shape index (κ1) is 14.0. The highest BCUT2D eigenvalue weighted by atomic mass is 32.2. The van der Waals surface area contributed by atoms with Gasteiger partial charge in [0.05, 0.1) is 5.25 Å². The van der Waals surface area contributed by atoms with E-state index in [4.69, 9.17) is 0 Å². The van der Waals surface area contributed by atoms with Crippen LogP contribution in [0.4, 0.5) is 0 Å². The maximum Gasteiger partial charge on any atom is 0.237 e. The molecule has 1 aliphatic rings. The summed E-state index contributed by atoms with van der Waals surface area (Å²) < 4.78 is 25.0. The third kappa shape index (κ3) is 3.42. The van der Waals surface area contributed by atoms with E-state index in [1.54, 1.807) is 11.9 Å². The number of hydrogen-bond acceptors (Lipinski definition) is 4. The fraction of sp³-hybridized carbons (Fsp3) is 0.800. The van der Waals surface area contributed by atoms with Crippen LogP contribution in [0.2, 0.25) is 0 Å². The lowest BCUT2D eigenvalue weighted by Gasteiger charge is -2.27. The first-order chi connectivity index (χ1) is 7.74. The fourth-order valence-corrected chi connectivity index (χ4v) is 2.19. The lowest BCUT2D eigenvalue weighted by atomic mass is 9.96. The van der Waals surface area contributed by atoms with E-state index in [0.717, 1.165) is 0 Å². The minimum absolute atomic E-state index is 0.0793. The van der Waals surface area contributed by atoms with Gasteiger partial charge < -0.3 is 4.90 Å². The van der Waals surface area contributed by atoms with Gasteiger partial charge in [-0.3, -0.25) is 14.3 Å². The Morgan fingerprint density at radius 2 is 2.06 bits per heavy atom. The minimum Gasteiger partial charge on any atom is -0.346 e. The van der Waals surface area contributed by atoms with Crippen LogP contribution in [0.3, 0.4) is 0 Å². The van der Waals surface area contributed by atoms with Crippen LogP contribution in [0.15, 0.2) is 0 Å². The Labute approximate surface area is 101 Å². The predicted octanol–water partition coefficient (Wildman–Crippen LogP) is -0.291. The zero-order valence-corrected chi connectivity index (χ0v) is 11.1. The van der Waals surface area contributed by atoms with Gasteiger partial charge in [0.1, 0.15) is 0 Å². The zero-order chi connectivity index (χ0) is 13.2. The van der Waals surface area contributed by atoms with E-state index in [1.807, 2.05) is 4.72 Å². The molecule has 1 aliphatic heterocycles. The third-order valence-corrected chi connectivity index (χ3v) is 4.62. The van der Waals surface area contributed by atoms with Gasteiger partial charge in [-0.05, 0) is 20.3 Å². The monoisotopic (exact) mass is 262 g/mol. The molecule has 0 aromatic heterocycles. The second-order valence-electron chi connectivity index (χ2n) is 4.57. The largest absolute Gasteiger partial charge is 0.346 e. The maximum atomic E-state index is 11.7. The maximum absolute atomic E-state index is 11.7. The quantitative estimate of drug-likeness (QED) is 0.757. The van der Waals surface area contributed by atoms with Gasteiger partial charge in [-0.2, -0.15) is 0 Å². The molecule has 1 heterocycles. The molecule has 1 fully saturated rings. The van der Waals surface area contributed by atoms with Gasteiger partial charge >= 0.3 is 0 Å². The molecule has 0 saturated carbocycles. The van der Waals surface area contributed by atoms with E-state index in [9.17, 15) is 18.0 Å². The second kappa shape index (κ2) is 5.03. The van der Waals surface area contributed by atoms with Gasteiger partial charge in [0.25, 0.3) is 0 Å². The highest BCUT2D eigenvalue weighted by Crippen LogP contribution is 2.17. The molecule has 1 saturated heterocycles. The Morgan fingerprint density at radius 3 is 2.53 bits per heavy atom. The van der Waals surface area contributed by atoms with E-state index >= 15 is 0 Å². The summed E-state index contributed by atoms with van der Waals surface area (Å²) in [5.41, 5.74) is 0. The number of nitrogens with zero attached hydrogens (tertiary/aromatic N) is 1. The van der Waals surface area contributed by atoms with E-state index in [-0.39, 0.29) is 12.3 Å². The summed E-state index contributed by atoms with van der Waals surface area (Å²) in [5, 5.41) is -0.659. The Morgan fingerprint density at radius 1 is 1.47 bits per heavy atom. The molecule has 0 aromatic rings. The normalized spacial score (nSPS) is 21.8. The van der Waals surface area contributed by atoms with E-state index < -0.39 is 27.1 Å². The SMILES string of the molecule is CC(C)S(=O)(=O)NC(=O)C1CCN(C)C(=O)C1. The van der Waals surface area contributed by atoms with Crippen molar-refractivity contribution in [3.63, 3.8) is 0 Å². The number of sulfonamides is 1. The average molecular weight is 262 g/mol. The molecular weight excluding hydrogens is 244 g/mol. The predicted molar refractivity (Wildman–Crippen MR) is 62.6 cm³/mol. The second-order valence-corrected chi connectivity index (χ2v) is 6.80. The molecule has 0 radical (unpaired) electrons. The molecule has 98 valence electrons. The number of likely N-dealkylation sites (tertiary alicyclic amines) is 1. The smallest absolute Gasteiger partial charge is 0.237 e. The fourth-order valence-electron chi connectivity index (χ4n) is 1.51. The number of carbonyl (C=O) groups is 2. The van der Waals surface area contributed by atoms with Crippen molar-refractivity contribution in [2.75, 3.05) is 13.6 Å². The van der Waals surface area contributed by atoms with Gasteiger partial charge in [0.2, 0.25) is 21.8 Å². The Balaban J connectivity index is 2.64. The molecule has 6 nitrogen and oxygen atoms in total. The van der Waals surface area contributed by atoms with Gasteiger partial charge in [-0.25, -0.2) is 8.42 Å². The van der Waals surface area contributed by atoms with Crippen molar-refractivity contribution in [2.24, 2.45) is 5.92 Å². The number of hydrogen-bond donors (Lipinski definition) is 1. The summed E-state index contributed by atoms with van der Waals surface area (Å²) in [5.74, 6) is -1.23. The molecule has 1 N–H and O–H groups in total. The molecule has 0 spiro atoms. The van der Waals surface area contributed by atoms with Crippen LogP contribution in [-0.4, -0.2) is 44.0 Å². The Hall–Kier alpha value is -1.11. The van der Waals surface area contributed by atoms with Crippen molar-refractivity contribution in [2.45, 2.75) is 31.9 Å². The van der Waals surface area contributed by atoms with Crippen LogP contribution in [0.5, 0.6) is 0 Å². The van der Waals surface area contributed by atoms with Gasteiger partial charge in [-0.15, -0.1) is 0 Å². The van der Waals surface area contributed by atoms with E-state index in [1.165, 1.54) is 13.8 Å². The van der Waals surface area contributed by atoms with Gasteiger partial charge in [0, 0.05) is 25.9 Å². The summed E-state index contributed by atoms with van der Waals surface area (Å²) in [6, 6.07) is 0. The van der Waals surface area contributed by atoms with Crippen LogP contribution >= 0.6 is 0 Å². The number of amides is 2. The van der Waals surface area contributed by atoms with Gasteiger partial charge in [0.15, 0.2) is 0 Å². The van der Waals surface area contributed by atoms with Crippen LogP contribution in [0.1, 0.15) is 26.7 Å². The molecule has 0 bridgehead atoms. The van der Waals surface area contributed by atoms with Crippen molar-refractivity contribution in [3.05, 3.63) is 0 Å². The molecule has 1 atom stereocenters. The Bertz CT molecular complexity index is 416. The first-order valence-electron chi connectivity index (χ1n) is 5.53. The summed E-state index contributed by atoms with van der Waals surface area (Å²) in [4.78, 5) is 24.7. The van der Waals surface area contributed by atoms with Crippen molar-refractivity contribution >= 4 is 21.8 Å². The summed E-state index contributed by atoms with van der Waals surface area (Å²) in [6.07, 6.45) is 0.581. The standard InChI is InChI=1S/C10H18N2O4S/c1-7(2)17(15,16)11-10(14)8-4-5-12(3)9(13)6-8/h7-8H,4-6H2,1-3H3,(H,11,14). The van der Waals surface area contributed by atoms with Gasteiger partial charge in [-0.1, -0.05) is 0 Å². The molecule has 1 rings (SSSR count). The van der Waals surface area contributed by atoms with Crippen LogP contribution in [0, 0.1) is 5.92 Å². The average Bonchev–Trinajstić information content (AvgIpc) is 2.21. The molecule has 0 aromatic carbocycles. The molecule has 17 heavy (non-hydrogen) atoms. The molecule has 0 aliphatic carbocycles. The van der Waals surface area contributed by atoms with E-state index in [2.05, 4.69) is 0 Å². The number of carbonyl (C=O) groups excluding carboxylic acids is 2. The molecule has 2 amide bonds. The lowest BCUT2D eigenvalue weighted by Crippen LogP contribution is -2.45. The molecular formula is C10H18N2O4S. The third-order valence-electron chi connectivity index (χ3n) is 2.89.